The molecule has 2 heterocycles. The standard InChI is InChI=1S/C15H16N4O2S2/c1-9-3-4-11(10(2)5-9)17-14(20)13-7-22-8-19(13)15(21)12-6-16-23-18-12/h3-6,13H,7-8H2,1-2H3,(H,17,20). The van der Waals surface area contributed by atoms with Crippen molar-refractivity contribution in [2.24, 2.45) is 0 Å². The fourth-order valence-corrected chi connectivity index (χ4v) is 4.00. The Balaban J connectivity index is 1.74. The molecule has 0 bridgehead atoms. The summed E-state index contributed by atoms with van der Waals surface area (Å²) in [4.78, 5) is 26.6. The first-order valence-electron chi connectivity index (χ1n) is 7.10. The Kier molecular flexibility index (Phi) is 4.63. The van der Waals surface area contributed by atoms with Gasteiger partial charge in [-0.3, -0.25) is 9.59 Å². The fourth-order valence-electron chi connectivity index (χ4n) is 2.44. The van der Waals surface area contributed by atoms with Crippen molar-refractivity contribution in [3.63, 3.8) is 0 Å². The zero-order valence-corrected chi connectivity index (χ0v) is 14.4. The third-order valence-corrected chi connectivity index (χ3v) is 5.16. The molecule has 1 aromatic heterocycles. The molecule has 120 valence electrons. The average molecular weight is 348 g/mol. The minimum atomic E-state index is -0.491. The van der Waals surface area contributed by atoms with Gasteiger partial charge in [0.15, 0.2) is 5.69 Å². The van der Waals surface area contributed by atoms with Crippen LogP contribution in [0.3, 0.4) is 0 Å². The Hall–Kier alpha value is -1.93. The number of aryl methyl sites for hydroxylation is 2. The van der Waals surface area contributed by atoms with Crippen LogP contribution >= 0.6 is 23.5 Å². The first-order valence-corrected chi connectivity index (χ1v) is 8.99. The molecular formula is C15H16N4O2S2. The van der Waals surface area contributed by atoms with Crippen molar-refractivity contribution in [2.75, 3.05) is 16.9 Å². The second kappa shape index (κ2) is 6.67. The minimum Gasteiger partial charge on any atom is -0.324 e. The number of carbonyl (C=O) groups is 2. The normalized spacial score (nSPS) is 17.3. The van der Waals surface area contributed by atoms with Gasteiger partial charge in [0.1, 0.15) is 6.04 Å². The lowest BCUT2D eigenvalue weighted by Gasteiger charge is -2.22. The topological polar surface area (TPSA) is 75.2 Å². The van der Waals surface area contributed by atoms with E-state index in [1.165, 1.54) is 6.20 Å². The smallest absolute Gasteiger partial charge is 0.276 e. The number of thioether (sulfide) groups is 1. The minimum absolute atomic E-state index is 0.168. The van der Waals surface area contributed by atoms with Gasteiger partial charge in [-0.05, 0) is 25.5 Å². The van der Waals surface area contributed by atoms with E-state index < -0.39 is 6.04 Å². The van der Waals surface area contributed by atoms with Gasteiger partial charge in [-0.2, -0.15) is 8.75 Å². The number of anilines is 1. The number of hydrogen-bond acceptors (Lipinski definition) is 6. The molecule has 0 radical (unpaired) electrons. The summed E-state index contributed by atoms with van der Waals surface area (Å²) < 4.78 is 7.81. The molecule has 23 heavy (non-hydrogen) atoms. The maximum Gasteiger partial charge on any atom is 0.276 e. The van der Waals surface area contributed by atoms with Crippen LogP contribution in [0.25, 0.3) is 0 Å². The fraction of sp³-hybridized carbons (Fsp3) is 0.333. The van der Waals surface area contributed by atoms with E-state index in [0.29, 0.717) is 17.3 Å². The number of benzene rings is 1. The van der Waals surface area contributed by atoms with E-state index in [-0.39, 0.29) is 11.8 Å². The highest BCUT2D eigenvalue weighted by atomic mass is 32.2. The SMILES string of the molecule is Cc1ccc(NC(=O)C2CSCN2C(=O)c2cnsn2)c(C)c1. The molecule has 2 aromatic rings. The van der Waals surface area contributed by atoms with E-state index in [1.807, 2.05) is 32.0 Å². The quantitative estimate of drug-likeness (QED) is 0.921. The summed E-state index contributed by atoms with van der Waals surface area (Å²) in [5, 5.41) is 2.93. The molecule has 1 unspecified atom stereocenters. The van der Waals surface area contributed by atoms with Gasteiger partial charge in [0.2, 0.25) is 5.91 Å². The molecule has 0 spiro atoms. The highest BCUT2D eigenvalue weighted by Gasteiger charge is 2.36. The van der Waals surface area contributed by atoms with Crippen LogP contribution in [0.2, 0.25) is 0 Å². The van der Waals surface area contributed by atoms with Crippen molar-refractivity contribution in [2.45, 2.75) is 19.9 Å². The van der Waals surface area contributed by atoms with Gasteiger partial charge in [-0.15, -0.1) is 11.8 Å². The Morgan fingerprint density at radius 3 is 2.87 bits per heavy atom. The first-order chi connectivity index (χ1) is 11.1. The number of hydrogen-bond donors (Lipinski definition) is 1. The average Bonchev–Trinajstić information content (AvgIpc) is 3.20. The molecule has 1 aromatic carbocycles. The summed E-state index contributed by atoms with van der Waals surface area (Å²) in [5.41, 5.74) is 3.22. The van der Waals surface area contributed by atoms with Gasteiger partial charge in [0, 0.05) is 11.4 Å². The maximum absolute atomic E-state index is 12.6. The molecule has 1 aliphatic rings. The predicted octanol–water partition coefficient (Wildman–Crippen LogP) is 2.31. The number of aromatic nitrogens is 2. The number of nitrogens with zero attached hydrogens (tertiary/aromatic N) is 3. The van der Waals surface area contributed by atoms with E-state index in [9.17, 15) is 9.59 Å². The van der Waals surface area contributed by atoms with Crippen molar-refractivity contribution < 1.29 is 9.59 Å². The third-order valence-electron chi connectivity index (χ3n) is 3.67. The van der Waals surface area contributed by atoms with Crippen LogP contribution in [0.4, 0.5) is 5.69 Å². The molecule has 1 saturated heterocycles. The summed E-state index contributed by atoms with van der Waals surface area (Å²) in [6, 6.07) is 5.37. The number of amides is 2. The van der Waals surface area contributed by atoms with E-state index in [0.717, 1.165) is 28.5 Å². The highest BCUT2D eigenvalue weighted by molar-refractivity contribution is 7.99. The molecule has 1 N–H and O–H groups in total. The van der Waals surface area contributed by atoms with Crippen LogP contribution in [0.5, 0.6) is 0 Å². The molecule has 6 nitrogen and oxygen atoms in total. The monoisotopic (exact) mass is 348 g/mol. The van der Waals surface area contributed by atoms with Gasteiger partial charge in [0.25, 0.3) is 5.91 Å². The van der Waals surface area contributed by atoms with Crippen molar-refractivity contribution in [1.82, 2.24) is 13.6 Å². The summed E-state index contributed by atoms with van der Waals surface area (Å²) in [7, 11) is 0. The van der Waals surface area contributed by atoms with Gasteiger partial charge in [0.05, 0.1) is 23.8 Å². The first kappa shape index (κ1) is 15.9. The van der Waals surface area contributed by atoms with Gasteiger partial charge >= 0.3 is 0 Å². The summed E-state index contributed by atoms with van der Waals surface area (Å²) in [5.74, 6) is 0.657. The van der Waals surface area contributed by atoms with Crippen molar-refractivity contribution >= 4 is 41.0 Å². The highest BCUT2D eigenvalue weighted by Crippen LogP contribution is 2.25. The third kappa shape index (κ3) is 3.37. The van der Waals surface area contributed by atoms with Crippen LogP contribution in [0.15, 0.2) is 24.4 Å². The molecule has 1 aliphatic heterocycles. The Labute approximate surface area is 142 Å². The summed E-state index contributed by atoms with van der Waals surface area (Å²) in [6.45, 7) is 3.96. The van der Waals surface area contributed by atoms with Crippen LogP contribution in [0.1, 0.15) is 21.6 Å². The second-order valence-electron chi connectivity index (χ2n) is 5.39. The molecule has 0 saturated carbocycles. The molecule has 2 amide bonds. The zero-order valence-electron chi connectivity index (χ0n) is 12.8. The predicted molar refractivity (Wildman–Crippen MR) is 91.7 cm³/mol. The Morgan fingerprint density at radius 1 is 1.35 bits per heavy atom. The molecule has 1 fully saturated rings. The second-order valence-corrected chi connectivity index (χ2v) is 6.95. The van der Waals surface area contributed by atoms with E-state index >= 15 is 0 Å². The molecule has 0 aliphatic carbocycles. The summed E-state index contributed by atoms with van der Waals surface area (Å²) in [6.07, 6.45) is 1.44. The van der Waals surface area contributed by atoms with Gasteiger partial charge < -0.3 is 10.2 Å². The lowest BCUT2D eigenvalue weighted by Crippen LogP contribution is -2.44. The van der Waals surface area contributed by atoms with E-state index in [4.69, 9.17) is 0 Å². The number of carbonyl (C=O) groups excluding carboxylic acids is 2. The molecular weight excluding hydrogens is 332 g/mol. The Bertz CT molecular complexity index is 733. The van der Waals surface area contributed by atoms with Crippen LogP contribution < -0.4 is 5.32 Å². The number of rotatable bonds is 3. The van der Waals surface area contributed by atoms with Crippen LogP contribution in [-0.2, 0) is 4.79 Å². The van der Waals surface area contributed by atoms with Gasteiger partial charge in [-0.1, -0.05) is 17.7 Å². The molecule has 1 atom stereocenters. The van der Waals surface area contributed by atoms with Crippen LogP contribution in [0, 0.1) is 13.8 Å². The lowest BCUT2D eigenvalue weighted by atomic mass is 10.1. The Morgan fingerprint density at radius 2 is 2.17 bits per heavy atom. The van der Waals surface area contributed by atoms with Crippen molar-refractivity contribution in [3.8, 4) is 0 Å². The molecule has 8 heteroatoms. The summed E-state index contributed by atoms with van der Waals surface area (Å²) >= 11 is 2.55. The maximum atomic E-state index is 12.6. The van der Waals surface area contributed by atoms with Crippen molar-refractivity contribution in [3.05, 3.63) is 41.2 Å². The van der Waals surface area contributed by atoms with Crippen LogP contribution in [-0.4, -0.2) is 43.1 Å². The van der Waals surface area contributed by atoms with Crippen molar-refractivity contribution in [1.29, 1.82) is 0 Å². The largest absolute Gasteiger partial charge is 0.324 e. The zero-order chi connectivity index (χ0) is 16.4. The number of nitrogens with one attached hydrogen (secondary N) is 1. The van der Waals surface area contributed by atoms with E-state index in [1.54, 1.807) is 16.7 Å². The lowest BCUT2D eigenvalue weighted by molar-refractivity contribution is -0.119. The van der Waals surface area contributed by atoms with E-state index in [2.05, 4.69) is 14.1 Å². The molecule has 3 rings (SSSR count). The van der Waals surface area contributed by atoms with Gasteiger partial charge in [-0.25, -0.2) is 0 Å².